The Hall–Kier alpha value is 0.120. The maximum atomic E-state index is 12.0. The lowest BCUT2D eigenvalue weighted by Crippen LogP contribution is -2.52. The van der Waals surface area contributed by atoms with Gasteiger partial charge in [0.1, 0.15) is 0 Å². The van der Waals surface area contributed by atoms with Gasteiger partial charge in [0.2, 0.25) is 0 Å². The van der Waals surface area contributed by atoms with Crippen LogP contribution >= 0.6 is 12.4 Å². The van der Waals surface area contributed by atoms with Crippen LogP contribution in [0.3, 0.4) is 0 Å². The molecule has 0 radical (unpaired) electrons. The molecular formula is C12H28ClN3O2S. The third-order valence-electron chi connectivity index (χ3n) is 3.75. The Morgan fingerprint density at radius 1 is 1.11 bits per heavy atom. The van der Waals surface area contributed by atoms with Crippen LogP contribution in [0.5, 0.6) is 0 Å². The third-order valence-corrected chi connectivity index (χ3v) is 5.46. The van der Waals surface area contributed by atoms with Crippen molar-refractivity contribution in [3.63, 3.8) is 0 Å². The Kier molecular flexibility index (Phi) is 8.47. The second kappa shape index (κ2) is 8.42. The molecule has 5 nitrogen and oxygen atoms in total. The molecule has 1 saturated carbocycles. The van der Waals surface area contributed by atoms with Crippen molar-refractivity contribution in [1.82, 2.24) is 9.03 Å². The highest BCUT2D eigenvalue weighted by atomic mass is 35.5. The van der Waals surface area contributed by atoms with Crippen LogP contribution < -0.4 is 10.5 Å². The van der Waals surface area contributed by atoms with Crippen molar-refractivity contribution >= 4 is 22.6 Å². The van der Waals surface area contributed by atoms with Gasteiger partial charge in [-0.2, -0.15) is 12.7 Å². The van der Waals surface area contributed by atoms with Crippen molar-refractivity contribution in [1.29, 1.82) is 0 Å². The first-order valence-electron chi connectivity index (χ1n) is 6.97. The van der Waals surface area contributed by atoms with E-state index < -0.39 is 10.2 Å². The quantitative estimate of drug-likeness (QED) is 0.732. The first-order chi connectivity index (χ1) is 8.43. The Bertz CT molecular complexity index is 337. The average Bonchev–Trinajstić information content (AvgIpc) is 2.54. The van der Waals surface area contributed by atoms with E-state index in [1.165, 1.54) is 17.1 Å². The lowest BCUT2D eigenvalue weighted by atomic mass is 9.92. The van der Waals surface area contributed by atoms with E-state index in [0.29, 0.717) is 19.6 Å². The predicted molar refractivity (Wildman–Crippen MR) is 81.7 cm³/mol. The number of hydrogen-bond acceptors (Lipinski definition) is 3. The summed E-state index contributed by atoms with van der Waals surface area (Å²) in [6.07, 6.45) is 6.44. The second-order valence-electron chi connectivity index (χ2n) is 5.19. The second-order valence-corrected chi connectivity index (χ2v) is 6.94. The molecule has 0 atom stereocenters. The number of rotatable bonds is 6. The Labute approximate surface area is 123 Å². The molecule has 116 valence electrons. The molecule has 0 spiro atoms. The van der Waals surface area contributed by atoms with Gasteiger partial charge in [-0.25, -0.2) is 4.72 Å². The molecule has 1 aliphatic rings. The minimum atomic E-state index is -3.37. The summed E-state index contributed by atoms with van der Waals surface area (Å²) in [4.78, 5) is 0. The van der Waals surface area contributed by atoms with Gasteiger partial charge in [-0.05, 0) is 12.8 Å². The molecule has 19 heavy (non-hydrogen) atoms. The van der Waals surface area contributed by atoms with Crippen LogP contribution in [0, 0.1) is 0 Å². The highest BCUT2D eigenvalue weighted by Crippen LogP contribution is 2.24. The number of halogens is 1. The lowest BCUT2D eigenvalue weighted by molar-refractivity contribution is 0.359. The van der Waals surface area contributed by atoms with E-state index in [4.69, 9.17) is 5.73 Å². The van der Waals surface area contributed by atoms with Crippen LogP contribution in [-0.2, 0) is 10.2 Å². The van der Waals surface area contributed by atoms with Crippen LogP contribution in [0.1, 0.15) is 52.4 Å². The highest BCUT2D eigenvalue weighted by Gasteiger charge is 2.29. The highest BCUT2D eigenvalue weighted by molar-refractivity contribution is 7.87. The Morgan fingerprint density at radius 3 is 2.00 bits per heavy atom. The molecule has 7 heteroatoms. The van der Waals surface area contributed by atoms with Crippen LogP contribution in [0.2, 0.25) is 0 Å². The summed E-state index contributed by atoms with van der Waals surface area (Å²) >= 11 is 0. The maximum absolute atomic E-state index is 12.0. The van der Waals surface area contributed by atoms with Gasteiger partial charge in [-0.15, -0.1) is 12.4 Å². The number of nitrogens with one attached hydrogen (secondary N) is 1. The normalized spacial score (nSPS) is 19.8. The largest absolute Gasteiger partial charge is 0.324 e. The zero-order valence-electron chi connectivity index (χ0n) is 12.0. The summed E-state index contributed by atoms with van der Waals surface area (Å²) in [5, 5.41) is 0. The number of nitrogens with zero attached hydrogens (tertiary/aromatic N) is 1. The number of hydrogen-bond donors (Lipinski definition) is 2. The molecule has 0 bridgehead atoms. The van der Waals surface area contributed by atoms with E-state index in [1.54, 1.807) is 0 Å². The van der Waals surface area contributed by atoms with Gasteiger partial charge in [0.15, 0.2) is 0 Å². The molecule has 3 N–H and O–H groups in total. The molecule has 0 unspecified atom stereocenters. The van der Waals surface area contributed by atoms with E-state index in [2.05, 4.69) is 4.72 Å². The van der Waals surface area contributed by atoms with Gasteiger partial charge < -0.3 is 5.73 Å². The first-order valence-corrected chi connectivity index (χ1v) is 8.41. The molecule has 1 aliphatic carbocycles. The summed E-state index contributed by atoms with van der Waals surface area (Å²) in [7, 11) is -3.37. The molecule has 0 aromatic heterocycles. The summed E-state index contributed by atoms with van der Waals surface area (Å²) in [5.74, 6) is 0. The van der Waals surface area contributed by atoms with Gasteiger partial charge in [0.25, 0.3) is 10.2 Å². The van der Waals surface area contributed by atoms with Gasteiger partial charge in [-0.1, -0.05) is 39.5 Å². The molecular weight excluding hydrogens is 286 g/mol. The number of nitrogens with two attached hydrogens (primary N) is 1. The fraction of sp³-hybridized carbons (Fsp3) is 1.00. The first kappa shape index (κ1) is 19.1. The van der Waals surface area contributed by atoms with Gasteiger partial charge in [-0.3, -0.25) is 0 Å². The van der Waals surface area contributed by atoms with Crippen LogP contribution in [0.4, 0.5) is 0 Å². The van der Waals surface area contributed by atoms with Gasteiger partial charge in [0.05, 0.1) is 0 Å². The maximum Gasteiger partial charge on any atom is 0.279 e. The summed E-state index contributed by atoms with van der Waals surface area (Å²) in [6, 6.07) is 0. The van der Waals surface area contributed by atoms with Gasteiger partial charge in [0, 0.05) is 25.2 Å². The zero-order chi connectivity index (χ0) is 13.6. The van der Waals surface area contributed by atoms with Crippen LogP contribution in [0.25, 0.3) is 0 Å². The molecule has 0 aliphatic heterocycles. The molecule has 0 aromatic rings. The molecule has 0 aromatic carbocycles. The van der Waals surface area contributed by atoms with Crippen molar-refractivity contribution in [3.05, 3.63) is 0 Å². The van der Waals surface area contributed by atoms with E-state index in [9.17, 15) is 8.42 Å². The topological polar surface area (TPSA) is 75.4 Å². The smallest absolute Gasteiger partial charge is 0.279 e. The van der Waals surface area contributed by atoms with Crippen molar-refractivity contribution in [2.24, 2.45) is 5.73 Å². The average molecular weight is 314 g/mol. The van der Waals surface area contributed by atoms with Crippen LogP contribution in [0.15, 0.2) is 0 Å². The predicted octanol–water partition coefficient (Wildman–Crippen LogP) is 1.64. The van der Waals surface area contributed by atoms with Crippen molar-refractivity contribution in [2.75, 3.05) is 19.6 Å². The molecule has 0 heterocycles. The SMILES string of the molecule is CCN(CC)S(=O)(=O)NCC1(N)CCCCCC1.Cl. The minimum Gasteiger partial charge on any atom is -0.324 e. The molecule has 0 amide bonds. The summed E-state index contributed by atoms with van der Waals surface area (Å²) in [6.45, 7) is 5.01. The Morgan fingerprint density at radius 2 is 1.58 bits per heavy atom. The fourth-order valence-electron chi connectivity index (χ4n) is 2.50. The van der Waals surface area contributed by atoms with E-state index in [0.717, 1.165) is 25.7 Å². The van der Waals surface area contributed by atoms with E-state index in [-0.39, 0.29) is 17.9 Å². The van der Waals surface area contributed by atoms with Crippen molar-refractivity contribution in [2.45, 2.75) is 57.9 Å². The fourth-order valence-corrected chi connectivity index (χ4v) is 3.83. The zero-order valence-corrected chi connectivity index (χ0v) is 13.7. The Balaban J connectivity index is 0.00000324. The summed E-state index contributed by atoms with van der Waals surface area (Å²) < 4.78 is 28.1. The van der Waals surface area contributed by atoms with Crippen molar-refractivity contribution < 1.29 is 8.42 Å². The monoisotopic (exact) mass is 313 g/mol. The van der Waals surface area contributed by atoms with Gasteiger partial charge >= 0.3 is 0 Å². The van der Waals surface area contributed by atoms with Crippen molar-refractivity contribution in [3.8, 4) is 0 Å². The molecule has 0 saturated heterocycles. The lowest BCUT2D eigenvalue weighted by Gasteiger charge is -2.29. The van der Waals surface area contributed by atoms with E-state index >= 15 is 0 Å². The molecule has 1 fully saturated rings. The third kappa shape index (κ3) is 5.95. The van der Waals surface area contributed by atoms with E-state index in [1.807, 2.05) is 13.8 Å². The summed E-state index contributed by atoms with van der Waals surface area (Å²) in [5.41, 5.74) is 5.94. The minimum absolute atomic E-state index is 0. The molecule has 1 rings (SSSR count). The standard InChI is InChI=1S/C12H27N3O2S.ClH/c1-3-15(4-2)18(16,17)14-11-12(13)9-7-5-6-8-10-12;/h14H,3-11,13H2,1-2H3;1H. The van der Waals surface area contributed by atoms with Crippen LogP contribution in [-0.4, -0.2) is 37.9 Å².